The number of hydrogen-bond acceptors (Lipinski definition) is 7. The van der Waals surface area contributed by atoms with Crippen molar-refractivity contribution in [3.05, 3.63) is 76.4 Å². The van der Waals surface area contributed by atoms with Gasteiger partial charge >= 0.3 is 0 Å². The van der Waals surface area contributed by atoms with Crippen LogP contribution in [0.4, 0.5) is 5.69 Å². The fourth-order valence-corrected chi connectivity index (χ4v) is 7.21. The number of carbonyl (C=O) groups is 3. The Morgan fingerprint density at radius 1 is 1.14 bits per heavy atom. The third-order valence-electron chi connectivity index (χ3n) is 8.74. The van der Waals surface area contributed by atoms with Gasteiger partial charge in [-0.2, -0.15) is 15.4 Å². The zero-order valence-corrected chi connectivity index (χ0v) is 25.2. The van der Waals surface area contributed by atoms with Gasteiger partial charge in [0.25, 0.3) is 0 Å². The van der Waals surface area contributed by atoms with Crippen LogP contribution in [-0.4, -0.2) is 57.8 Å². The zero-order chi connectivity index (χ0) is 29.9. The molecule has 4 N–H and O–H groups in total. The highest BCUT2D eigenvalue weighted by molar-refractivity contribution is 7.17. The van der Waals surface area contributed by atoms with E-state index in [1.807, 2.05) is 43.5 Å². The molecule has 0 saturated heterocycles. The van der Waals surface area contributed by atoms with Crippen molar-refractivity contribution in [1.82, 2.24) is 31.4 Å². The van der Waals surface area contributed by atoms with Crippen molar-refractivity contribution in [3.8, 4) is 0 Å². The minimum atomic E-state index is -0.649. The summed E-state index contributed by atoms with van der Waals surface area (Å²) in [4.78, 5) is 42.5. The average Bonchev–Trinajstić information content (AvgIpc) is 3.74. The molecule has 224 valence electrons. The molecule has 6 rings (SSSR count). The highest BCUT2D eigenvalue weighted by atomic mass is 32.1. The van der Waals surface area contributed by atoms with Gasteiger partial charge in [0.1, 0.15) is 17.8 Å². The fraction of sp³-hybridized carbons (Fsp3) is 0.406. The Balaban J connectivity index is 1.14. The van der Waals surface area contributed by atoms with Crippen molar-refractivity contribution in [2.75, 3.05) is 11.4 Å². The summed E-state index contributed by atoms with van der Waals surface area (Å²) in [6, 6.07) is 13.1. The fourth-order valence-electron chi connectivity index (χ4n) is 6.25. The van der Waals surface area contributed by atoms with Crippen molar-refractivity contribution in [2.45, 2.75) is 70.6 Å². The number of aryl methyl sites for hydroxylation is 1. The van der Waals surface area contributed by atoms with Crippen molar-refractivity contribution in [3.63, 3.8) is 0 Å². The topological polar surface area (TPSA) is 132 Å². The molecule has 43 heavy (non-hydrogen) atoms. The predicted octanol–water partition coefficient (Wildman–Crippen LogP) is 3.27. The maximum absolute atomic E-state index is 13.8. The summed E-state index contributed by atoms with van der Waals surface area (Å²) in [6.07, 6.45) is 4.72. The molecule has 2 aliphatic heterocycles. The van der Waals surface area contributed by atoms with Crippen LogP contribution in [0.2, 0.25) is 0 Å². The largest absolute Gasteiger partial charge is 0.357 e. The number of hydrogen-bond donors (Lipinski definition) is 4. The van der Waals surface area contributed by atoms with Gasteiger partial charge in [0.2, 0.25) is 17.7 Å². The highest BCUT2D eigenvalue weighted by Gasteiger charge is 2.39. The molecule has 11 heteroatoms. The third kappa shape index (κ3) is 6.13. The van der Waals surface area contributed by atoms with Gasteiger partial charge in [0.05, 0.1) is 19.2 Å². The van der Waals surface area contributed by atoms with E-state index in [2.05, 4.69) is 54.5 Å². The molecule has 0 radical (unpaired) electrons. The first-order chi connectivity index (χ1) is 20.9. The average molecular weight is 600 g/mol. The number of rotatable bonds is 10. The van der Waals surface area contributed by atoms with Crippen molar-refractivity contribution in [1.29, 1.82) is 0 Å². The van der Waals surface area contributed by atoms with Gasteiger partial charge in [-0.15, -0.1) is 11.3 Å². The number of benzene rings is 2. The Labute approximate surface area is 254 Å². The summed E-state index contributed by atoms with van der Waals surface area (Å²) in [7, 11) is 0. The summed E-state index contributed by atoms with van der Waals surface area (Å²) in [5, 5.41) is 22.8. The van der Waals surface area contributed by atoms with Gasteiger partial charge in [-0.3, -0.25) is 14.4 Å². The smallest absolute Gasteiger partial charge is 0.243 e. The lowest BCUT2D eigenvalue weighted by Crippen LogP contribution is -2.56. The van der Waals surface area contributed by atoms with E-state index in [-0.39, 0.29) is 42.1 Å². The molecule has 2 aromatic heterocycles. The Kier molecular flexibility index (Phi) is 8.42. The van der Waals surface area contributed by atoms with Crippen LogP contribution in [0.5, 0.6) is 0 Å². The van der Waals surface area contributed by atoms with Crippen LogP contribution < -0.4 is 20.9 Å². The number of nitrogens with zero attached hydrogens (tertiary/aromatic N) is 3. The van der Waals surface area contributed by atoms with E-state index < -0.39 is 6.04 Å². The number of para-hydroxylation sites is 1. The van der Waals surface area contributed by atoms with Gasteiger partial charge in [-0.1, -0.05) is 56.7 Å². The number of thiophene rings is 1. The molecule has 3 amide bonds. The normalized spacial score (nSPS) is 18.9. The molecule has 2 aliphatic rings. The van der Waals surface area contributed by atoms with E-state index in [9.17, 15) is 14.4 Å². The van der Waals surface area contributed by atoms with Crippen LogP contribution in [0, 0.1) is 5.92 Å². The molecule has 0 saturated carbocycles. The summed E-state index contributed by atoms with van der Waals surface area (Å²) >= 11 is 1.62. The lowest BCUT2D eigenvalue weighted by molar-refractivity contribution is -0.130. The molecular weight excluding hydrogens is 562 g/mol. The lowest BCUT2D eigenvalue weighted by atomic mass is 9.96. The monoisotopic (exact) mass is 599 g/mol. The molecule has 2 aromatic carbocycles. The molecule has 0 fully saturated rings. The van der Waals surface area contributed by atoms with Crippen LogP contribution >= 0.6 is 11.3 Å². The Morgan fingerprint density at radius 2 is 1.98 bits per heavy atom. The minimum absolute atomic E-state index is 0.0420. The molecule has 0 spiro atoms. The van der Waals surface area contributed by atoms with E-state index in [1.165, 1.54) is 5.56 Å². The number of carbonyl (C=O) groups excluding carboxylic acids is 3. The van der Waals surface area contributed by atoms with Gasteiger partial charge in [-0.25, -0.2) is 0 Å². The molecule has 4 aromatic rings. The van der Waals surface area contributed by atoms with Crippen molar-refractivity contribution < 1.29 is 14.4 Å². The van der Waals surface area contributed by atoms with Crippen molar-refractivity contribution >= 4 is 44.8 Å². The lowest BCUT2D eigenvalue weighted by Gasteiger charge is -2.31. The molecule has 4 heterocycles. The van der Waals surface area contributed by atoms with Crippen LogP contribution in [0.15, 0.2) is 54.0 Å². The number of aromatic amines is 1. The summed E-state index contributed by atoms with van der Waals surface area (Å²) in [6.45, 7) is 4.83. The number of H-pyrrole nitrogens is 1. The quantitative estimate of drug-likeness (QED) is 0.221. The number of anilines is 1. The molecule has 4 atom stereocenters. The predicted molar refractivity (Wildman–Crippen MR) is 167 cm³/mol. The first kappa shape index (κ1) is 28.9. The van der Waals surface area contributed by atoms with Crippen LogP contribution in [0.25, 0.3) is 10.1 Å². The van der Waals surface area contributed by atoms with Gasteiger partial charge < -0.3 is 20.9 Å². The summed E-state index contributed by atoms with van der Waals surface area (Å²) in [5.74, 6) is -0.465. The highest BCUT2D eigenvalue weighted by Crippen LogP contribution is 2.38. The molecule has 0 unspecified atom stereocenters. The third-order valence-corrected chi connectivity index (χ3v) is 9.75. The van der Waals surface area contributed by atoms with E-state index >= 15 is 0 Å². The number of fused-ring (bicyclic) bond motifs is 1. The van der Waals surface area contributed by atoms with Crippen LogP contribution in [0.3, 0.4) is 0 Å². The first-order valence-electron chi connectivity index (χ1n) is 15.0. The molecule has 10 nitrogen and oxygen atoms in total. The summed E-state index contributed by atoms with van der Waals surface area (Å²) in [5.41, 5.74) is 5.08. The second kappa shape index (κ2) is 12.5. The van der Waals surface area contributed by atoms with E-state index in [0.717, 1.165) is 46.2 Å². The van der Waals surface area contributed by atoms with Gasteiger partial charge in [0.15, 0.2) is 0 Å². The number of aromatic nitrogens is 3. The van der Waals surface area contributed by atoms with Gasteiger partial charge in [-0.05, 0) is 52.3 Å². The van der Waals surface area contributed by atoms with Crippen molar-refractivity contribution in [2.24, 2.45) is 5.92 Å². The second-order valence-electron chi connectivity index (χ2n) is 11.6. The maximum Gasteiger partial charge on any atom is 0.243 e. The minimum Gasteiger partial charge on any atom is -0.357 e. The SMILES string of the molecule is CC[C@H](C)[C@H](NC(=O)Cc1csc2ccccc12)C(=O)N[C@H]1CCc2cccc3c2N(C1)[C@H](C(=O)NCc1cn[nH]n1)C3. The number of amides is 3. The molecular formula is C32H37N7O3S. The molecule has 0 bridgehead atoms. The Morgan fingerprint density at radius 3 is 2.79 bits per heavy atom. The maximum atomic E-state index is 13.8. The van der Waals surface area contributed by atoms with E-state index in [0.29, 0.717) is 25.2 Å². The molecule has 0 aliphatic carbocycles. The second-order valence-corrected chi connectivity index (χ2v) is 12.5. The van der Waals surface area contributed by atoms with Gasteiger partial charge in [0, 0.05) is 29.4 Å². The zero-order valence-electron chi connectivity index (χ0n) is 24.4. The first-order valence-corrected chi connectivity index (χ1v) is 15.8. The Hall–Kier alpha value is -4.25. The number of nitrogens with one attached hydrogen (secondary N) is 4. The van der Waals surface area contributed by atoms with Crippen LogP contribution in [0.1, 0.15) is 49.1 Å². The standard InChI is InChI=1S/C32H37N7O3S/c1-3-19(2)29(36-28(40)14-22-18-43-27-10-5-4-9-25(22)27)32(42)35-23-12-11-20-7-6-8-21-13-26(39(17-23)30(20)21)31(41)33-15-24-16-34-38-37-24/h4-10,16,18-19,23,26,29H,3,11-15,17H2,1-2H3,(H,33,41)(H,35,42)(H,36,40)(H,34,37,38)/t19-,23-,26-,29-/m0/s1. The Bertz CT molecular complexity index is 1620. The van der Waals surface area contributed by atoms with Crippen LogP contribution in [-0.2, 0) is 40.2 Å². The van der Waals surface area contributed by atoms with E-state index in [1.54, 1.807) is 17.5 Å². The van der Waals surface area contributed by atoms with E-state index in [4.69, 9.17) is 0 Å². The summed E-state index contributed by atoms with van der Waals surface area (Å²) < 4.78 is 1.14.